The van der Waals surface area contributed by atoms with Crippen molar-refractivity contribution in [3.05, 3.63) is 100 Å². The number of hydrogen-bond acceptors (Lipinski definition) is 9. The van der Waals surface area contributed by atoms with Gasteiger partial charge in [0.2, 0.25) is 23.6 Å². The Balaban J connectivity index is 1.16. The van der Waals surface area contributed by atoms with Crippen molar-refractivity contribution >= 4 is 74.1 Å². The molecule has 0 spiro atoms. The first-order valence-electron chi connectivity index (χ1n) is 18.7. The molecular formula is C43H37ClN4O8S. The Hall–Kier alpha value is -5.79. The predicted octanol–water partition coefficient (Wildman–Crippen LogP) is 7.50. The molecule has 14 heteroatoms. The van der Waals surface area contributed by atoms with Crippen LogP contribution in [0, 0.1) is 36.0 Å². The summed E-state index contributed by atoms with van der Waals surface area (Å²) in [6, 6.07) is 18.2. The molecule has 3 aromatic carbocycles. The molecule has 12 nitrogen and oxygen atoms in total. The van der Waals surface area contributed by atoms with Gasteiger partial charge in [-0.15, -0.1) is 11.3 Å². The molecule has 4 amide bonds. The second kappa shape index (κ2) is 13.1. The number of allylic oxidation sites excluding steroid dienone is 2. The number of ether oxygens (including phenoxy) is 1. The summed E-state index contributed by atoms with van der Waals surface area (Å²) in [6.07, 6.45) is 2.16. The van der Waals surface area contributed by atoms with Crippen molar-refractivity contribution in [2.45, 2.75) is 39.5 Å². The zero-order chi connectivity index (χ0) is 40.2. The first-order valence-corrected chi connectivity index (χ1v) is 19.9. The lowest BCUT2D eigenvalue weighted by atomic mass is 9.51. The Labute approximate surface area is 335 Å². The number of carbonyl (C=O) groups is 5. The topological polar surface area (TPSA) is 159 Å². The molecule has 290 valence electrons. The van der Waals surface area contributed by atoms with Gasteiger partial charge < -0.3 is 14.9 Å². The van der Waals surface area contributed by atoms with Crippen LogP contribution >= 0.6 is 22.9 Å². The van der Waals surface area contributed by atoms with Crippen molar-refractivity contribution in [3.8, 4) is 22.1 Å². The number of phenolic OH excluding ortho intramolecular Hbond substituents is 1. The summed E-state index contributed by atoms with van der Waals surface area (Å²) in [6.45, 7) is 5.79. The molecule has 1 saturated carbocycles. The standard InChI is InChI=1S/C43H37ClN4O8S/c1-5-56-31-11-7-10-26(36(31)49)35-24-13-14-25-34(40(52)47(38(25)50)23-9-6-8-21(16-23)41(53)54)28(24)18-29-39(51)48(42(55)43(29,35)3)33-19-30(45-46(33)4)37-20(2)27-17-22(44)12-15-32(27)57-37/h6-13,15-17,19,25,28-29,34-35,49H,5,14,18H2,1-4H3,(H,53,54)/t25-,28+,29-,34-,35+,43+/m0/s1. The molecule has 4 heterocycles. The molecule has 3 fully saturated rings. The second-order valence-electron chi connectivity index (χ2n) is 15.4. The minimum Gasteiger partial charge on any atom is -0.504 e. The predicted molar refractivity (Wildman–Crippen MR) is 214 cm³/mol. The lowest BCUT2D eigenvalue weighted by Gasteiger charge is -2.49. The number of hydrogen-bond donors (Lipinski definition) is 2. The van der Waals surface area contributed by atoms with Crippen molar-refractivity contribution < 1.29 is 38.9 Å². The Kier molecular flexibility index (Phi) is 8.49. The van der Waals surface area contributed by atoms with E-state index in [0.717, 1.165) is 25.4 Å². The van der Waals surface area contributed by atoms with Crippen LogP contribution in [0.25, 0.3) is 20.7 Å². The van der Waals surface area contributed by atoms with E-state index in [-0.39, 0.29) is 48.0 Å². The van der Waals surface area contributed by atoms with Crippen molar-refractivity contribution in [3.63, 3.8) is 0 Å². The van der Waals surface area contributed by atoms with Crippen LogP contribution in [0.15, 0.2) is 78.4 Å². The van der Waals surface area contributed by atoms with Gasteiger partial charge in [-0.2, -0.15) is 5.10 Å². The maximum atomic E-state index is 15.2. The van der Waals surface area contributed by atoms with Gasteiger partial charge in [-0.3, -0.25) is 28.8 Å². The number of para-hydroxylation sites is 1. The molecule has 0 unspecified atom stereocenters. The van der Waals surface area contributed by atoms with Gasteiger partial charge in [0.25, 0.3) is 0 Å². The Morgan fingerprint density at radius 2 is 1.77 bits per heavy atom. The summed E-state index contributed by atoms with van der Waals surface area (Å²) in [5.41, 5.74) is 1.28. The minimum atomic E-state index is -1.43. The molecule has 4 aliphatic rings. The number of anilines is 2. The summed E-state index contributed by atoms with van der Waals surface area (Å²) >= 11 is 7.85. The minimum absolute atomic E-state index is 0.0691. The Morgan fingerprint density at radius 1 is 1.00 bits per heavy atom. The summed E-state index contributed by atoms with van der Waals surface area (Å²) in [5.74, 6) is -6.90. The molecule has 2 aromatic heterocycles. The highest BCUT2D eigenvalue weighted by atomic mass is 35.5. The van der Waals surface area contributed by atoms with Crippen LogP contribution in [0.1, 0.15) is 54.1 Å². The number of amides is 4. The number of carbonyl (C=O) groups excluding carboxylic acids is 4. The molecule has 2 saturated heterocycles. The van der Waals surface area contributed by atoms with Gasteiger partial charge in [0.15, 0.2) is 11.5 Å². The highest BCUT2D eigenvalue weighted by molar-refractivity contribution is 7.22. The van der Waals surface area contributed by atoms with Crippen molar-refractivity contribution in [1.29, 1.82) is 0 Å². The zero-order valence-electron chi connectivity index (χ0n) is 31.4. The fourth-order valence-corrected chi connectivity index (χ4v) is 11.2. The largest absolute Gasteiger partial charge is 0.504 e. The third-order valence-electron chi connectivity index (χ3n) is 12.5. The molecule has 5 aromatic rings. The second-order valence-corrected chi connectivity index (χ2v) is 16.9. The quantitative estimate of drug-likeness (QED) is 0.126. The van der Waals surface area contributed by atoms with E-state index in [2.05, 4.69) is 0 Å². The smallest absolute Gasteiger partial charge is 0.335 e. The monoisotopic (exact) mass is 804 g/mol. The van der Waals surface area contributed by atoms with Gasteiger partial charge in [0.05, 0.1) is 45.9 Å². The number of benzene rings is 3. The van der Waals surface area contributed by atoms with E-state index in [0.29, 0.717) is 21.9 Å². The van der Waals surface area contributed by atoms with E-state index in [1.807, 2.05) is 31.2 Å². The van der Waals surface area contributed by atoms with E-state index in [1.165, 1.54) is 45.2 Å². The number of carboxylic acid groups (broad SMARTS) is 1. The van der Waals surface area contributed by atoms with Crippen LogP contribution in [0.3, 0.4) is 0 Å². The van der Waals surface area contributed by atoms with Crippen molar-refractivity contribution in [1.82, 2.24) is 9.78 Å². The maximum absolute atomic E-state index is 15.2. The Bertz CT molecular complexity index is 2650. The molecule has 2 N–H and O–H groups in total. The maximum Gasteiger partial charge on any atom is 0.335 e. The van der Waals surface area contributed by atoms with Gasteiger partial charge in [-0.05, 0) is 92.9 Å². The zero-order valence-corrected chi connectivity index (χ0v) is 32.9. The number of imide groups is 2. The van der Waals surface area contributed by atoms with E-state index in [4.69, 9.17) is 21.4 Å². The number of rotatable bonds is 7. The van der Waals surface area contributed by atoms with Crippen LogP contribution in [0.4, 0.5) is 11.5 Å². The average Bonchev–Trinajstić information content (AvgIpc) is 3.86. The number of nitrogens with zero attached hydrogens (tertiary/aromatic N) is 4. The molecule has 2 aliphatic heterocycles. The average molecular weight is 805 g/mol. The number of fused-ring (bicyclic) bond motifs is 5. The number of aromatic carboxylic acids is 1. The van der Waals surface area contributed by atoms with E-state index in [1.54, 1.807) is 45.2 Å². The third kappa shape index (κ3) is 5.24. The highest BCUT2D eigenvalue weighted by Gasteiger charge is 2.68. The van der Waals surface area contributed by atoms with Crippen LogP contribution in [-0.4, -0.2) is 56.2 Å². The molecule has 0 bridgehead atoms. The summed E-state index contributed by atoms with van der Waals surface area (Å²) in [7, 11) is 1.68. The summed E-state index contributed by atoms with van der Waals surface area (Å²) in [4.78, 5) is 73.7. The number of carboxylic acids is 1. The van der Waals surface area contributed by atoms with Gasteiger partial charge in [-0.25, -0.2) is 9.69 Å². The van der Waals surface area contributed by atoms with Crippen molar-refractivity contribution in [2.75, 3.05) is 16.4 Å². The molecule has 0 radical (unpaired) electrons. The number of aromatic hydroxyl groups is 1. The molecule has 57 heavy (non-hydrogen) atoms. The van der Waals surface area contributed by atoms with Crippen LogP contribution in [0.5, 0.6) is 11.5 Å². The number of phenols is 1. The van der Waals surface area contributed by atoms with Crippen LogP contribution in [-0.2, 0) is 26.2 Å². The van der Waals surface area contributed by atoms with Gasteiger partial charge in [0.1, 0.15) is 11.5 Å². The lowest BCUT2D eigenvalue weighted by Crippen LogP contribution is -2.49. The normalized spacial score (nSPS) is 25.5. The van der Waals surface area contributed by atoms with Crippen LogP contribution in [0.2, 0.25) is 5.02 Å². The first kappa shape index (κ1) is 36.8. The molecular weight excluding hydrogens is 768 g/mol. The highest BCUT2D eigenvalue weighted by Crippen LogP contribution is 2.65. The SMILES string of the molecule is CCOc1cccc([C@H]2C3=CC[C@@H]4C(=O)N(c5cccc(C(=O)O)c5)C(=O)[C@@H]4[C@@H]3C[C@H]3C(=O)N(c4cc(-c5sc6ccc(Cl)cc6c5C)nn4C)C(=O)[C@@]23C)c1O. The number of thiophene rings is 1. The van der Waals surface area contributed by atoms with Gasteiger partial charge in [0, 0.05) is 34.3 Å². The van der Waals surface area contributed by atoms with E-state index >= 15 is 4.79 Å². The van der Waals surface area contributed by atoms with Crippen LogP contribution < -0.4 is 14.5 Å². The molecule has 9 rings (SSSR count). The van der Waals surface area contributed by atoms with E-state index < -0.39 is 64.6 Å². The van der Waals surface area contributed by atoms with Gasteiger partial charge in [-0.1, -0.05) is 41.4 Å². The van der Waals surface area contributed by atoms with E-state index in [9.17, 15) is 29.4 Å². The number of aryl methyl sites for hydroxylation is 2. The molecule has 2 aliphatic carbocycles. The third-order valence-corrected chi connectivity index (χ3v) is 14.0. The fourth-order valence-electron chi connectivity index (χ4n) is 9.87. The van der Waals surface area contributed by atoms with Gasteiger partial charge >= 0.3 is 5.97 Å². The Morgan fingerprint density at radius 3 is 2.53 bits per heavy atom. The lowest BCUT2D eigenvalue weighted by molar-refractivity contribution is -0.131. The first-order chi connectivity index (χ1) is 27.3. The molecule has 6 atom stereocenters. The van der Waals surface area contributed by atoms with Crippen molar-refractivity contribution in [2.24, 2.45) is 36.1 Å². The summed E-state index contributed by atoms with van der Waals surface area (Å²) in [5, 5.41) is 27.8. The fraction of sp³-hybridized carbons (Fsp3) is 0.302. The summed E-state index contributed by atoms with van der Waals surface area (Å²) < 4.78 is 8.32. The number of aromatic nitrogens is 2. The number of halogens is 1.